The van der Waals surface area contributed by atoms with Gasteiger partial charge in [-0.15, -0.1) is 6.58 Å². The Morgan fingerprint density at radius 3 is 2.74 bits per heavy atom. The summed E-state index contributed by atoms with van der Waals surface area (Å²) < 4.78 is 0. The Kier molecular flexibility index (Phi) is 5.64. The number of hydrogen-bond acceptors (Lipinski definition) is 2. The van der Waals surface area contributed by atoms with Crippen LogP contribution in [-0.2, 0) is 6.42 Å². The highest BCUT2D eigenvalue weighted by molar-refractivity contribution is 5.85. The van der Waals surface area contributed by atoms with Crippen LogP contribution in [-0.4, -0.2) is 29.5 Å². The van der Waals surface area contributed by atoms with Gasteiger partial charge in [-0.25, -0.2) is 4.98 Å². The summed E-state index contributed by atoms with van der Waals surface area (Å²) >= 11 is 0. The lowest BCUT2D eigenvalue weighted by atomic mass is 9.90. The lowest BCUT2D eigenvalue weighted by molar-refractivity contribution is 0.184. The largest absolute Gasteiger partial charge is 0.299 e. The van der Waals surface area contributed by atoms with E-state index < -0.39 is 0 Å². The van der Waals surface area contributed by atoms with Crippen molar-refractivity contribution in [1.82, 2.24) is 9.88 Å². The van der Waals surface area contributed by atoms with Crippen molar-refractivity contribution < 1.29 is 0 Å². The number of aromatic nitrogens is 1. The van der Waals surface area contributed by atoms with Crippen molar-refractivity contribution in [3.63, 3.8) is 0 Å². The summed E-state index contributed by atoms with van der Waals surface area (Å²) in [6.07, 6.45) is 7.06. The van der Waals surface area contributed by atoms with Crippen LogP contribution in [0, 0.1) is 5.92 Å². The molecule has 1 fully saturated rings. The molecular weight excluding hydrogens is 328 g/mol. The Morgan fingerprint density at radius 2 is 1.89 bits per heavy atom. The van der Waals surface area contributed by atoms with E-state index in [-0.39, 0.29) is 0 Å². The maximum absolute atomic E-state index is 4.92. The van der Waals surface area contributed by atoms with E-state index in [1.54, 1.807) is 0 Å². The van der Waals surface area contributed by atoms with Crippen LogP contribution in [0.5, 0.6) is 0 Å². The molecule has 4 rings (SSSR count). The number of aryl methyl sites for hydroxylation is 1. The summed E-state index contributed by atoms with van der Waals surface area (Å²) in [7, 11) is 0. The molecule has 27 heavy (non-hydrogen) atoms. The third-order valence-electron chi connectivity index (χ3n) is 5.68. The predicted octanol–water partition coefficient (Wildman–Crippen LogP) is 5.73. The Balaban J connectivity index is 1.58. The molecule has 1 aliphatic heterocycles. The maximum Gasteiger partial charge on any atom is 0.0712 e. The number of nitrogens with zero attached hydrogens (tertiary/aromatic N) is 2. The summed E-state index contributed by atoms with van der Waals surface area (Å²) in [5.41, 5.74) is 4.81. The van der Waals surface area contributed by atoms with Gasteiger partial charge in [0.05, 0.1) is 11.2 Å². The van der Waals surface area contributed by atoms with Gasteiger partial charge in [0.2, 0.25) is 0 Å². The number of rotatable bonds is 6. The molecule has 2 heterocycles. The van der Waals surface area contributed by atoms with Gasteiger partial charge in [-0.2, -0.15) is 0 Å². The molecule has 1 aliphatic rings. The first kappa shape index (κ1) is 17.9. The van der Waals surface area contributed by atoms with Crippen molar-refractivity contribution in [3.8, 4) is 11.3 Å². The molecule has 0 saturated carbocycles. The molecular formula is C25H28N2. The normalized spacial score (nSPS) is 17.9. The standard InChI is InChI=1S/C25H28N2/c1-2-16-27-17-8-9-20(19-27)14-15-22-18-25(21-10-4-3-5-11-21)26-24-13-7-6-12-23(22)24/h2-7,10-13,18,20H,1,8-9,14-17,19H2. The van der Waals surface area contributed by atoms with Crippen LogP contribution in [0.1, 0.15) is 24.8 Å². The Morgan fingerprint density at radius 1 is 1.07 bits per heavy atom. The Hall–Kier alpha value is -2.45. The summed E-state index contributed by atoms with van der Waals surface area (Å²) in [6.45, 7) is 7.35. The second-order valence-electron chi connectivity index (χ2n) is 7.64. The summed E-state index contributed by atoms with van der Waals surface area (Å²) in [6, 6.07) is 21.4. The smallest absolute Gasteiger partial charge is 0.0712 e. The van der Waals surface area contributed by atoms with E-state index in [9.17, 15) is 0 Å². The monoisotopic (exact) mass is 356 g/mol. The average Bonchev–Trinajstić information content (AvgIpc) is 2.73. The number of likely N-dealkylation sites (tertiary alicyclic amines) is 1. The van der Waals surface area contributed by atoms with Crippen molar-refractivity contribution in [2.45, 2.75) is 25.7 Å². The fourth-order valence-electron chi connectivity index (χ4n) is 4.31. The van der Waals surface area contributed by atoms with Crippen molar-refractivity contribution in [1.29, 1.82) is 0 Å². The fourth-order valence-corrected chi connectivity index (χ4v) is 4.31. The molecule has 0 bridgehead atoms. The predicted molar refractivity (Wildman–Crippen MR) is 115 cm³/mol. The molecule has 0 amide bonds. The van der Waals surface area contributed by atoms with Gasteiger partial charge in [-0.05, 0) is 55.8 Å². The van der Waals surface area contributed by atoms with Gasteiger partial charge < -0.3 is 0 Å². The highest BCUT2D eigenvalue weighted by atomic mass is 15.1. The van der Waals surface area contributed by atoms with Crippen LogP contribution in [0.15, 0.2) is 73.3 Å². The van der Waals surface area contributed by atoms with E-state index in [4.69, 9.17) is 4.98 Å². The van der Waals surface area contributed by atoms with E-state index in [1.165, 1.54) is 48.9 Å². The second kappa shape index (κ2) is 8.49. The average molecular weight is 357 g/mol. The molecule has 2 aromatic carbocycles. The highest BCUT2D eigenvalue weighted by Crippen LogP contribution is 2.28. The van der Waals surface area contributed by atoms with E-state index in [0.717, 1.165) is 30.1 Å². The number of fused-ring (bicyclic) bond motifs is 1. The molecule has 1 saturated heterocycles. The van der Waals surface area contributed by atoms with Gasteiger partial charge in [0.15, 0.2) is 0 Å². The molecule has 0 N–H and O–H groups in total. The Labute approximate surface area is 162 Å². The number of benzene rings is 2. The van der Waals surface area contributed by atoms with Crippen molar-refractivity contribution in [2.75, 3.05) is 19.6 Å². The summed E-state index contributed by atoms with van der Waals surface area (Å²) in [4.78, 5) is 7.46. The minimum atomic E-state index is 0.783. The molecule has 2 nitrogen and oxygen atoms in total. The fraction of sp³-hybridized carbons (Fsp3) is 0.320. The SMILES string of the molecule is C=CCN1CCCC(CCc2cc(-c3ccccc3)nc3ccccc23)C1. The number of pyridine rings is 1. The minimum Gasteiger partial charge on any atom is -0.299 e. The first-order valence-corrected chi connectivity index (χ1v) is 10.1. The van der Waals surface area contributed by atoms with Crippen LogP contribution in [0.25, 0.3) is 22.2 Å². The first-order valence-electron chi connectivity index (χ1n) is 10.1. The summed E-state index contributed by atoms with van der Waals surface area (Å²) in [5.74, 6) is 0.783. The molecule has 3 aromatic rings. The van der Waals surface area contributed by atoms with E-state index in [2.05, 4.69) is 72.1 Å². The van der Waals surface area contributed by atoms with E-state index in [0.29, 0.717) is 0 Å². The van der Waals surface area contributed by atoms with Gasteiger partial charge in [-0.3, -0.25) is 4.90 Å². The Bertz CT molecular complexity index is 901. The lowest BCUT2D eigenvalue weighted by Crippen LogP contribution is -2.35. The molecule has 1 atom stereocenters. The molecule has 0 radical (unpaired) electrons. The topological polar surface area (TPSA) is 16.1 Å². The van der Waals surface area contributed by atoms with Gasteiger partial charge in [0, 0.05) is 24.0 Å². The van der Waals surface area contributed by atoms with Crippen LogP contribution >= 0.6 is 0 Å². The van der Waals surface area contributed by atoms with Gasteiger partial charge in [0.1, 0.15) is 0 Å². The van der Waals surface area contributed by atoms with Crippen molar-refractivity contribution in [3.05, 3.63) is 78.9 Å². The molecule has 1 aromatic heterocycles. The zero-order valence-electron chi connectivity index (χ0n) is 16.0. The van der Waals surface area contributed by atoms with Gasteiger partial charge >= 0.3 is 0 Å². The van der Waals surface area contributed by atoms with Gasteiger partial charge in [-0.1, -0.05) is 54.6 Å². The van der Waals surface area contributed by atoms with Crippen LogP contribution < -0.4 is 0 Å². The zero-order valence-corrected chi connectivity index (χ0v) is 16.0. The molecule has 0 aliphatic carbocycles. The molecule has 1 unspecified atom stereocenters. The number of para-hydroxylation sites is 1. The van der Waals surface area contributed by atoms with Crippen LogP contribution in [0.3, 0.4) is 0 Å². The number of hydrogen-bond donors (Lipinski definition) is 0. The zero-order chi connectivity index (χ0) is 18.5. The third kappa shape index (κ3) is 4.28. The van der Waals surface area contributed by atoms with Crippen molar-refractivity contribution >= 4 is 10.9 Å². The first-order chi connectivity index (χ1) is 13.3. The quantitative estimate of drug-likeness (QED) is 0.524. The highest BCUT2D eigenvalue weighted by Gasteiger charge is 2.19. The van der Waals surface area contributed by atoms with Crippen LogP contribution in [0.2, 0.25) is 0 Å². The van der Waals surface area contributed by atoms with Gasteiger partial charge in [0.25, 0.3) is 0 Å². The minimum absolute atomic E-state index is 0.783. The third-order valence-corrected chi connectivity index (χ3v) is 5.68. The summed E-state index contributed by atoms with van der Waals surface area (Å²) in [5, 5.41) is 1.30. The van der Waals surface area contributed by atoms with Crippen molar-refractivity contribution in [2.24, 2.45) is 5.92 Å². The lowest BCUT2D eigenvalue weighted by Gasteiger charge is -2.32. The van der Waals surface area contributed by atoms with E-state index >= 15 is 0 Å². The molecule has 2 heteroatoms. The maximum atomic E-state index is 4.92. The number of piperidine rings is 1. The molecule has 138 valence electrons. The second-order valence-corrected chi connectivity index (χ2v) is 7.64. The van der Waals surface area contributed by atoms with Crippen LogP contribution in [0.4, 0.5) is 0 Å². The molecule has 0 spiro atoms. The van der Waals surface area contributed by atoms with E-state index in [1.807, 2.05) is 6.08 Å².